The van der Waals surface area contributed by atoms with Gasteiger partial charge in [0.2, 0.25) is 0 Å². The Kier molecular flexibility index (Phi) is 3.62. The minimum absolute atomic E-state index is 0.00398. The van der Waals surface area contributed by atoms with Crippen molar-refractivity contribution in [2.45, 2.75) is 4.90 Å². The van der Waals surface area contributed by atoms with Crippen LogP contribution in [-0.2, 0) is 10.0 Å². The van der Waals surface area contributed by atoms with E-state index in [0.29, 0.717) is 11.4 Å². The van der Waals surface area contributed by atoms with Crippen molar-refractivity contribution in [1.29, 1.82) is 0 Å². The summed E-state index contributed by atoms with van der Waals surface area (Å²) in [6.07, 6.45) is 0. The van der Waals surface area contributed by atoms with Crippen LogP contribution in [0.25, 0.3) is 0 Å². The third kappa shape index (κ3) is 2.79. The standard InChI is InChI=1S/C13H14N2O3S/c1-18-11-8-5-9-12(13(11)14)19(16,17)15-10-6-3-2-4-7-10/h2-9,15H,14H2,1H3. The molecule has 0 aliphatic rings. The monoisotopic (exact) mass is 278 g/mol. The first-order chi connectivity index (χ1) is 9.04. The van der Waals surface area contributed by atoms with Gasteiger partial charge in [-0.25, -0.2) is 8.42 Å². The quantitative estimate of drug-likeness (QED) is 0.839. The lowest BCUT2D eigenvalue weighted by molar-refractivity contribution is 0.416. The van der Waals surface area contributed by atoms with Crippen LogP contribution in [0.3, 0.4) is 0 Å². The maximum atomic E-state index is 12.2. The van der Waals surface area contributed by atoms with E-state index < -0.39 is 10.0 Å². The number of methoxy groups -OCH3 is 1. The number of ether oxygens (including phenoxy) is 1. The van der Waals surface area contributed by atoms with Gasteiger partial charge in [-0.05, 0) is 24.3 Å². The third-order valence-corrected chi connectivity index (χ3v) is 4.00. The lowest BCUT2D eigenvalue weighted by Gasteiger charge is -2.12. The summed E-state index contributed by atoms with van der Waals surface area (Å²) in [5.41, 5.74) is 6.36. The second-order valence-electron chi connectivity index (χ2n) is 3.84. The number of nitrogens with one attached hydrogen (secondary N) is 1. The fourth-order valence-electron chi connectivity index (χ4n) is 1.65. The molecule has 0 amide bonds. The average Bonchev–Trinajstić information content (AvgIpc) is 2.39. The molecule has 0 aromatic heterocycles. The molecule has 0 spiro atoms. The van der Waals surface area contributed by atoms with Crippen molar-refractivity contribution < 1.29 is 13.2 Å². The molecular weight excluding hydrogens is 264 g/mol. The molecule has 0 saturated heterocycles. The first kappa shape index (κ1) is 13.2. The van der Waals surface area contributed by atoms with E-state index >= 15 is 0 Å². The molecular formula is C13H14N2O3S. The molecule has 19 heavy (non-hydrogen) atoms. The number of benzene rings is 2. The lowest BCUT2D eigenvalue weighted by atomic mass is 10.3. The number of nitrogens with two attached hydrogens (primary N) is 1. The van der Waals surface area contributed by atoms with Crippen molar-refractivity contribution in [1.82, 2.24) is 0 Å². The topological polar surface area (TPSA) is 81.4 Å². The van der Waals surface area contributed by atoms with E-state index in [1.807, 2.05) is 0 Å². The van der Waals surface area contributed by atoms with Crippen LogP contribution in [0.15, 0.2) is 53.4 Å². The number of rotatable bonds is 4. The Hall–Kier alpha value is -2.21. The van der Waals surface area contributed by atoms with Crippen LogP contribution in [0.1, 0.15) is 0 Å². The Bertz CT molecular complexity index is 670. The van der Waals surface area contributed by atoms with Gasteiger partial charge in [0, 0.05) is 5.69 Å². The molecule has 0 heterocycles. The van der Waals surface area contributed by atoms with Gasteiger partial charge in [0.25, 0.3) is 10.0 Å². The normalized spacial score (nSPS) is 11.0. The molecule has 0 atom stereocenters. The molecule has 3 N–H and O–H groups in total. The third-order valence-electron chi connectivity index (χ3n) is 2.56. The number of sulfonamides is 1. The SMILES string of the molecule is COc1cccc(S(=O)(=O)Nc2ccccc2)c1N. The minimum Gasteiger partial charge on any atom is -0.495 e. The number of hydrogen-bond acceptors (Lipinski definition) is 4. The smallest absolute Gasteiger partial charge is 0.264 e. The Morgan fingerprint density at radius 2 is 1.74 bits per heavy atom. The van der Waals surface area contributed by atoms with Gasteiger partial charge >= 0.3 is 0 Å². The number of nitrogen functional groups attached to an aromatic ring is 1. The number of hydrogen-bond donors (Lipinski definition) is 2. The van der Waals surface area contributed by atoms with Gasteiger partial charge in [0.05, 0.1) is 12.8 Å². The van der Waals surface area contributed by atoms with E-state index in [0.717, 1.165) is 0 Å². The van der Waals surface area contributed by atoms with Gasteiger partial charge in [0.1, 0.15) is 10.6 Å². The second kappa shape index (κ2) is 5.19. The van der Waals surface area contributed by atoms with Gasteiger partial charge in [0.15, 0.2) is 0 Å². The van der Waals surface area contributed by atoms with Crippen LogP contribution in [0, 0.1) is 0 Å². The summed E-state index contributed by atoms with van der Waals surface area (Å²) in [7, 11) is -2.29. The summed E-state index contributed by atoms with van der Waals surface area (Å²) >= 11 is 0. The van der Waals surface area contributed by atoms with E-state index in [1.54, 1.807) is 42.5 Å². The Balaban J connectivity index is 2.40. The van der Waals surface area contributed by atoms with Gasteiger partial charge in [-0.15, -0.1) is 0 Å². The van der Waals surface area contributed by atoms with Gasteiger partial charge in [-0.3, -0.25) is 4.72 Å². The van der Waals surface area contributed by atoms with Gasteiger partial charge in [-0.1, -0.05) is 24.3 Å². The summed E-state index contributed by atoms with van der Waals surface area (Å²) < 4.78 is 32.0. The van der Waals surface area contributed by atoms with Gasteiger partial charge in [-0.2, -0.15) is 0 Å². The van der Waals surface area contributed by atoms with Crippen LogP contribution >= 0.6 is 0 Å². The zero-order valence-electron chi connectivity index (χ0n) is 10.3. The molecule has 100 valence electrons. The maximum Gasteiger partial charge on any atom is 0.264 e. The van der Waals surface area contributed by atoms with Crippen molar-refractivity contribution in [2.75, 3.05) is 17.6 Å². The maximum absolute atomic E-state index is 12.2. The number of anilines is 2. The second-order valence-corrected chi connectivity index (χ2v) is 5.49. The highest BCUT2D eigenvalue weighted by Gasteiger charge is 2.19. The molecule has 0 radical (unpaired) electrons. The van der Waals surface area contributed by atoms with Crippen molar-refractivity contribution in [2.24, 2.45) is 0 Å². The molecule has 0 bridgehead atoms. The van der Waals surface area contributed by atoms with Crippen molar-refractivity contribution >= 4 is 21.4 Å². The van der Waals surface area contributed by atoms with E-state index in [2.05, 4.69) is 4.72 Å². The zero-order chi connectivity index (χ0) is 13.9. The minimum atomic E-state index is -3.73. The molecule has 0 fully saturated rings. The van der Waals surface area contributed by atoms with Crippen LogP contribution < -0.4 is 15.2 Å². The molecule has 6 heteroatoms. The van der Waals surface area contributed by atoms with E-state index in [-0.39, 0.29) is 10.6 Å². The zero-order valence-corrected chi connectivity index (χ0v) is 11.1. The summed E-state index contributed by atoms with van der Waals surface area (Å²) in [5.74, 6) is 0.330. The summed E-state index contributed by atoms with van der Waals surface area (Å²) in [6.45, 7) is 0. The fourth-order valence-corrected chi connectivity index (χ4v) is 2.86. The molecule has 0 aliphatic carbocycles. The molecule has 0 saturated carbocycles. The van der Waals surface area contributed by atoms with Crippen molar-refractivity contribution in [3.05, 3.63) is 48.5 Å². The molecule has 5 nitrogen and oxygen atoms in total. The average molecular weight is 278 g/mol. The Labute approximate surface area is 112 Å². The van der Waals surface area contributed by atoms with Crippen LogP contribution in [0.2, 0.25) is 0 Å². The summed E-state index contributed by atoms with van der Waals surface area (Å²) in [4.78, 5) is -0.00398. The predicted octanol–water partition coefficient (Wildman–Crippen LogP) is 2.08. The summed E-state index contributed by atoms with van der Waals surface area (Å²) in [5, 5.41) is 0. The van der Waals surface area contributed by atoms with Crippen molar-refractivity contribution in [3.63, 3.8) is 0 Å². The van der Waals surface area contributed by atoms with Gasteiger partial charge < -0.3 is 10.5 Å². The van der Waals surface area contributed by atoms with Crippen LogP contribution in [0.4, 0.5) is 11.4 Å². The number of para-hydroxylation sites is 2. The molecule has 0 unspecified atom stereocenters. The van der Waals surface area contributed by atoms with Crippen molar-refractivity contribution in [3.8, 4) is 5.75 Å². The summed E-state index contributed by atoms with van der Waals surface area (Å²) in [6, 6.07) is 13.2. The molecule has 2 rings (SSSR count). The van der Waals surface area contributed by atoms with E-state index in [9.17, 15) is 8.42 Å². The van der Waals surface area contributed by atoms with Crippen LogP contribution in [-0.4, -0.2) is 15.5 Å². The van der Waals surface area contributed by atoms with E-state index in [1.165, 1.54) is 13.2 Å². The first-order valence-corrected chi connectivity index (χ1v) is 7.03. The molecule has 2 aromatic rings. The highest BCUT2D eigenvalue weighted by Crippen LogP contribution is 2.29. The molecule has 0 aliphatic heterocycles. The van der Waals surface area contributed by atoms with E-state index in [4.69, 9.17) is 10.5 Å². The Morgan fingerprint density at radius 1 is 1.05 bits per heavy atom. The highest BCUT2D eigenvalue weighted by atomic mass is 32.2. The predicted molar refractivity (Wildman–Crippen MR) is 74.7 cm³/mol. The van der Waals surface area contributed by atoms with Crippen LogP contribution in [0.5, 0.6) is 5.75 Å². The first-order valence-electron chi connectivity index (χ1n) is 5.55. The molecule has 2 aromatic carbocycles. The lowest BCUT2D eigenvalue weighted by Crippen LogP contribution is -2.15. The largest absolute Gasteiger partial charge is 0.495 e. The highest BCUT2D eigenvalue weighted by molar-refractivity contribution is 7.92. The Morgan fingerprint density at radius 3 is 2.37 bits per heavy atom. The fraction of sp³-hybridized carbons (Fsp3) is 0.0769.